The zero-order chi connectivity index (χ0) is 15.1. The van der Waals surface area contributed by atoms with Crippen LogP contribution in [0.3, 0.4) is 0 Å². The Morgan fingerprint density at radius 1 is 0.905 bits per heavy atom. The second-order valence-corrected chi connectivity index (χ2v) is 4.66. The van der Waals surface area contributed by atoms with Gasteiger partial charge in [0, 0.05) is 5.69 Å². The molecule has 1 amide bonds. The van der Waals surface area contributed by atoms with Gasteiger partial charge in [-0.2, -0.15) is 0 Å². The summed E-state index contributed by atoms with van der Waals surface area (Å²) in [5.74, 6) is -0.349. The molecule has 0 aliphatic rings. The maximum atomic E-state index is 11.9. The minimum Gasteiger partial charge on any atom is -0.469 e. The maximum Gasteiger partial charge on any atom is 0.309 e. The van der Waals surface area contributed by atoms with Crippen molar-refractivity contribution in [3.05, 3.63) is 65.7 Å². The van der Waals surface area contributed by atoms with E-state index in [0.29, 0.717) is 12.1 Å². The van der Waals surface area contributed by atoms with Crippen molar-refractivity contribution in [3.63, 3.8) is 0 Å². The molecule has 21 heavy (non-hydrogen) atoms. The molecular weight excluding hydrogens is 266 g/mol. The first kappa shape index (κ1) is 14.8. The largest absolute Gasteiger partial charge is 0.469 e. The van der Waals surface area contributed by atoms with Crippen LogP contribution >= 0.6 is 0 Å². The van der Waals surface area contributed by atoms with Gasteiger partial charge in [0.15, 0.2) is 0 Å². The van der Waals surface area contributed by atoms with Gasteiger partial charge in [0.1, 0.15) is 0 Å². The van der Waals surface area contributed by atoms with Gasteiger partial charge in [0.2, 0.25) is 5.91 Å². The second-order valence-electron chi connectivity index (χ2n) is 4.66. The lowest BCUT2D eigenvalue weighted by Crippen LogP contribution is -2.14. The highest BCUT2D eigenvalue weighted by molar-refractivity contribution is 5.92. The Bertz CT molecular complexity index is 606. The van der Waals surface area contributed by atoms with Crippen LogP contribution in [0.25, 0.3) is 0 Å². The van der Waals surface area contributed by atoms with Crippen LogP contribution in [-0.2, 0) is 27.2 Å². The van der Waals surface area contributed by atoms with E-state index in [4.69, 9.17) is 0 Å². The van der Waals surface area contributed by atoms with E-state index in [-0.39, 0.29) is 18.3 Å². The van der Waals surface area contributed by atoms with Crippen molar-refractivity contribution >= 4 is 17.6 Å². The number of amides is 1. The average molecular weight is 283 g/mol. The van der Waals surface area contributed by atoms with Gasteiger partial charge in [0.05, 0.1) is 20.0 Å². The average Bonchev–Trinajstić information content (AvgIpc) is 2.50. The van der Waals surface area contributed by atoms with Crippen molar-refractivity contribution < 1.29 is 14.3 Å². The molecule has 1 N–H and O–H groups in total. The van der Waals surface area contributed by atoms with Crippen molar-refractivity contribution in [2.75, 3.05) is 12.4 Å². The second kappa shape index (κ2) is 7.24. The monoisotopic (exact) mass is 283 g/mol. The number of carbonyl (C=O) groups is 2. The fraction of sp³-hybridized carbons (Fsp3) is 0.176. The summed E-state index contributed by atoms with van der Waals surface area (Å²) in [7, 11) is 1.36. The number of methoxy groups -OCH3 is 1. The lowest BCUT2D eigenvalue weighted by atomic mass is 10.1. The third-order valence-corrected chi connectivity index (χ3v) is 3.02. The number of hydrogen-bond acceptors (Lipinski definition) is 3. The molecule has 0 fully saturated rings. The van der Waals surface area contributed by atoms with Crippen molar-refractivity contribution in [1.29, 1.82) is 0 Å². The van der Waals surface area contributed by atoms with Gasteiger partial charge in [-0.25, -0.2) is 0 Å². The van der Waals surface area contributed by atoms with E-state index in [2.05, 4.69) is 10.1 Å². The summed E-state index contributed by atoms with van der Waals surface area (Å²) in [4.78, 5) is 23.1. The van der Waals surface area contributed by atoms with Crippen molar-refractivity contribution in [2.24, 2.45) is 0 Å². The van der Waals surface area contributed by atoms with Crippen molar-refractivity contribution in [3.8, 4) is 0 Å². The standard InChI is InChI=1S/C17H17NO3/c1-21-17(20)12-14-7-9-15(10-8-14)18-16(19)11-13-5-3-2-4-6-13/h2-10H,11-12H2,1H3,(H,18,19). The van der Waals surface area contributed by atoms with Crippen LogP contribution in [0, 0.1) is 0 Å². The summed E-state index contributed by atoms with van der Waals surface area (Å²) < 4.78 is 4.61. The van der Waals surface area contributed by atoms with E-state index < -0.39 is 0 Å². The first-order chi connectivity index (χ1) is 10.2. The number of anilines is 1. The summed E-state index contributed by atoms with van der Waals surface area (Å²) in [5.41, 5.74) is 2.53. The van der Waals surface area contributed by atoms with E-state index in [1.54, 1.807) is 24.3 Å². The number of benzene rings is 2. The molecule has 0 radical (unpaired) electrons. The highest BCUT2D eigenvalue weighted by atomic mass is 16.5. The smallest absolute Gasteiger partial charge is 0.309 e. The number of carbonyl (C=O) groups excluding carboxylic acids is 2. The molecular formula is C17H17NO3. The van der Waals surface area contributed by atoms with Gasteiger partial charge in [0.25, 0.3) is 0 Å². The molecule has 2 aromatic carbocycles. The molecule has 0 atom stereocenters. The molecule has 2 rings (SSSR count). The Morgan fingerprint density at radius 3 is 2.14 bits per heavy atom. The first-order valence-corrected chi connectivity index (χ1v) is 6.67. The van der Waals surface area contributed by atoms with Crippen LogP contribution in [0.5, 0.6) is 0 Å². The first-order valence-electron chi connectivity index (χ1n) is 6.67. The molecule has 0 aliphatic heterocycles. The lowest BCUT2D eigenvalue weighted by Gasteiger charge is -2.06. The normalized spacial score (nSPS) is 9.95. The van der Waals surface area contributed by atoms with Crippen LogP contribution in [0.4, 0.5) is 5.69 Å². The van der Waals surface area contributed by atoms with E-state index in [0.717, 1.165) is 11.1 Å². The number of esters is 1. The van der Waals surface area contributed by atoms with E-state index >= 15 is 0 Å². The fourth-order valence-corrected chi connectivity index (χ4v) is 1.93. The molecule has 4 nitrogen and oxygen atoms in total. The van der Waals surface area contributed by atoms with Gasteiger partial charge < -0.3 is 10.1 Å². The SMILES string of the molecule is COC(=O)Cc1ccc(NC(=O)Cc2ccccc2)cc1. The topological polar surface area (TPSA) is 55.4 Å². The third kappa shape index (κ3) is 4.76. The zero-order valence-corrected chi connectivity index (χ0v) is 11.8. The molecule has 0 bridgehead atoms. The van der Waals surface area contributed by atoms with Gasteiger partial charge in [-0.05, 0) is 23.3 Å². The highest BCUT2D eigenvalue weighted by Gasteiger charge is 2.05. The van der Waals surface area contributed by atoms with E-state index in [1.807, 2.05) is 30.3 Å². The number of ether oxygens (including phenoxy) is 1. The number of rotatable bonds is 5. The molecule has 0 spiro atoms. The van der Waals surface area contributed by atoms with Crippen molar-refractivity contribution in [2.45, 2.75) is 12.8 Å². The third-order valence-electron chi connectivity index (χ3n) is 3.02. The highest BCUT2D eigenvalue weighted by Crippen LogP contribution is 2.11. The molecule has 0 unspecified atom stereocenters. The lowest BCUT2D eigenvalue weighted by molar-refractivity contribution is -0.139. The number of nitrogens with one attached hydrogen (secondary N) is 1. The molecule has 0 saturated heterocycles. The summed E-state index contributed by atoms with van der Waals surface area (Å²) in [6, 6.07) is 16.7. The summed E-state index contributed by atoms with van der Waals surface area (Å²) >= 11 is 0. The zero-order valence-electron chi connectivity index (χ0n) is 11.8. The molecule has 0 aliphatic carbocycles. The Hall–Kier alpha value is -2.62. The van der Waals surface area contributed by atoms with Crippen LogP contribution in [0.2, 0.25) is 0 Å². The van der Waals surface area contributed by atoms with Gasteiger partial charge in [-0.3, -0.25) is 9.59 Å². The fourth-order valence-electron chi connectivity index (χ4n) is 1.93. The Balaban J connectivity index is 1.91. The minimum atomic E-state index is -0.282. The van der Waals surface area contributed by atoms with Crippen molar-refractivity contribution in [1.82, 2.24) is 0 Å². The van der Waals surface area contributed by atoms with Gasteiger partial charge in [-0.1, -0.05) is 42.5 Å². The van der Waals surface area contributed by atoms with Crippen LogP contribution in [0.1, 0.15) is 11.1 Å². The molecule has 0 heterocycles. The van der Waals surface area contributed by atoms with Crippen LogP contribution < -0.4 is 5.32 Å². The van der Waals surface area contributed by atoms with E-state index in [9.17, 15) is 9.59 Å². The van der Waals surface area contributed by atoms with Gasteiger partial charge in [-0.15, -0.1) is 0 Å². The molecule has 4 heteroatoms. The molecule has 2 aromatic rings. The maximum absolute atomic E-state index is 11.9. The predicted molar refractivity (Wildman–Crippen MR) is 80.9 cm³/mol. The van der Waals surface area contributed by atoms with Crippen LogP contribution in [0.15, 0.2) is 54.6 Å². The Labute approximate surface area is 123 Å². The summed E-state index contributed by atoms with van der Waals surface area (Å²) in [6.07, 6.45) is 0.569. The summed E-state index contributed by atoms with van der Waals surface area (Å²) in [6.45, 7) is 0. The van der Waals surface area contributed by atoms with Gasteiger partial charge >= 0.3 is 5.97 Å². The Kier molecular flexibility index (Phi) is 5.10. The molecule has 0 aromatic heterocycles. The van der Waals surface area contributed by atoms with Crippen LogP contribution in [-0.4, -0.2) is 19.0 Å². The van der Waals surface area contributed by atoms with E-state index in [1.165, 1.54) is 7.11 Å². The Morgan fingerprint density at radius 2 is 1.52 bits per heavy atom. The number of hydrogen-bond donors (Lipinski definition) is 1. The molecule has 108 valence electrons. The predicted octanol–water partition coefficient (Wildman–Crippen LogP) is 2.58. The summed E-state index contributed by atoms with van der Waals surface area (Å²) in [5, 5.41) is 2.83. The minimum absolute atomic E-state index is 0.0677. The quantitative estimate of drug-likeness (QED) is 0.858. The molecule has 0 saturated carbocycles.